The molecule has 0 aliphatic heterocycles. The van der Waals surface area contributed by atoms with Gasteiger partial charge in [0.05, 0.1) is 4.92 Å². The van der Waals surface area contributed by atoms with Gasteiger partial charge in [0.1, 0.15) is 0 Å². The molecule has 0 spiro atoms. The van der Waals surface area contributed by atoms with Gasteiger partial charge in [0.15, 0.2) is 0 Å². The van der Waals surface area contributed by atoms with Gasteiger partial charge in [-0.2, -0.15) is 0 Å². The monoisotopic (exact) mass is 286 g/mol. The van der Waals surface area contributed by atoms with Crippen LogP contribution in [0.4, 0.5) is 11.4 Å². The van der Waals surface area contributed by atoms with Gasteiger partial charge < -0.3 is 10.8 Å². The molecule has 0 atom stereocenters. The van der Waals surface area contributed by atoms with E-state index < -0.39 is 0 Å². The Bertz CT molecular complexity index is 740. The summed E-state index contributed by atoms with van der Waals surface area (Å²) < 4.78 is 0. The van der Waals surface area contributed by atoms with Crippen molar-refractivity contribution >= 4 is 17.3 Å². The molecule has 0 saturated carbocycles. The molecular formula is C15H14N2O4. The summed E-state index contributed by atoms with van der Waals surface area (Å²) in [6, 6.07) is 10.6. The number of hydrogen-bond donors (Lipinski definition) is 1. The zero-order valence-corrected chi connectivity index (χ0v) is 11.3. The molecule has 0 bridgehead atoms. The van der Waals surface area contributed by atoms with E-state index in [0.717, 1.165) is 27.9 Å². The van der Waals surface area contributed by atoms with E-state index >= 15 is 0 Å². The van der Waals surface area contributed by atoms with E-state index in [4.69, 9.17) is 0 Å². The standard InChI is InChI=1S/C15H12N2O3.H2O/c1-9(18)16-12-2-4-14-10(7-12)6-11-8-13(17(19)20)3-5-15(11)14;/h2-5,7-8H,6H2,1H3,(H,16,18);1H2. The highest BCUT2D eigenvalue weighted by molar-refractivity contribution is 5.90. The van der Waals surface area contributed by atoms with Crippen molar-refractivity contribution in [2.24, 2.45) is 0 Å². The third-order valence-corrected chi connectivity index (χ3v) is 3.40. The first-order valence-electron chi connectivity index (χ1n) is 6.23. The number of nitro groups is 1. The van der Waals surface area contributed by atoms with Gasteiger partial charge >= 0.3 is 0 Å². The van der Waals surface area contributed by atoms with E-state index in [0.29, 0.717) is 6.42 Å². The fourth-order valence-corrected chi connectivity index (χ4v) is 2.59. The maximum Gasteiger partial charge on any atom is 0.269 e. The molecule has 0 saturated heterocycles. The van der Waals surface area contributed by atoms with Crippen LogP contribution < -0.4 is 5.32 Å². The van der Waals surface area contributed by atoms with Crippen molar-refractivity contribution < 1.29 is 15.2 Å². The molecule has 6 heteroatoms. The summed E-state index contributed by atoms with van der Waals surface area (Å²) in [4.78, 5) is 21.5. The quantitative estimate of drug-likeness (QED) is 0.577. The zero-order chi connectivity index (χ0) is 14.3. The Labute approximate surface area is 120 Å². The number of non-ortho nitro benzene ring substituents is 1. The van der Waals surface area contributed by atoms with Crippen LogP contribution in [-0.4, -0.2) is 16.3 Å². The second-order valence-corrected chi connectivity index (χ2v) is 4.83. The summed E-state index contributed by atoms with van der Waals surface area (Å²) in [7, 11) is 0. The third kappa shape index (κ3) is 2.61. The largest absolute Gasteiger partial charge is 0.412 e. The van der Waals surface area contributed by atoms with Gasteiger partial charge in [-0.1, -0.05) is 6.07 Å². The van der Waals surface area contributed by atoms with Crippen LogP contribution in [0.15, 0.2) is 36.4 Å². The van der Waals surface area contributed by atoms with Gasteiger partial charge in [-0.15, -0.1) is 0 Å². The Hall–Kier alpha value is -2.73. The van der Waals surface area contributed by atoms with Crippen LogP contribution in [-0.2, 0) is 11.2 Å². The number of nitrogens with zero attached hydrogens (tertiary/aromatic N) is 1. The van der Waals surface area contributed by atoms with Crippen LogP contribution in [0.25, 0.3) is 11.1 Å². The molecule has 1 aliphatic rings. The van der Waals surface area contributed by atoms with Crippen LogP contribution in [0, 0.1) is 10.1 Å². The average molecular weight is 286 g/mol. The lowest BCUT2D eigenvalue weighted by Crippen LogP contribution is -2.05. The van der Waals surface area contributed by atoms with Gasteiger partial charge in [0.2, 0.25) is 5.91 Å². The molecule has 3 rings (SSSR count). The summed E-state index contributed by atoms with van der Waals surface area (Å²) >= 11 is 0. The number of carbonyl (C=O) groups excluding carboxylic acids is 1. The fraction of sp³-hybridized carbons (Fsp3) is 0.133. The molecule has 0 aromatic heterocycles. The lowest BCUT2D eigenvalue weighted by molar-refractivity contribution is -0.384. The second-order valence-electron chi connectivity index (χ2n) is 4.83. The van der Waals surface area contributed by atoms with E-state index in [9.17, 15) is 14.9 Å². The van der Waals surface area contributed by atoms with Crippen LogP contribution in [0.3, 0.4) is 0 Å². The van der Waals surface area contributed by atoms with Crippen molar-refractivity contribution in [2.45, 2.75) is 13.3 Å². The SMILES string of the molecule is CC(=O)Nc1ccc2c(c1)Cc1cc([N+](=O)[O-])ccc1-2.O. The summed E-state index contributed by atoms with van der Waals surface area (Å²) in [6.45, 7) is 1.46. The summed E-state index contributed by atoms with van der Waals surface area (Å²) in [5.41, 5.74) is 4.99. The number of carbonyl (C=O) groups is 1. The number of benzene rings is 2. The molecule has 2 aromatic rings. The Morgan fingerprint density at radius 2 is 1.76 bits per heavy atom. The van der Waals surface area contributed by atoms with Gasteiger partial charge in [-0.3, -0.25) is 14.9 Å². The first kappa shape index (κ1) is 14.7. The Morgan fingerprint density at radius 3 is 2.38 bits per heavy atom. The lowest BCUT2D eigenvalue weighted by atomic mass is 10.1. The highest BCUT2D eigenvalue weighted by Crippen LogP contribution is 2.39. The third-order valence-electron chi connectivity index (χ3n) is 3.40. The molecule has 0 radical (unpaired) electrons. The number of fused-ring (bicyclic) bond motifs is 3. The van der Waals surface area contributed by atoms with Crippen LogP contribution in [0.1, 0.15) is 18.1 Å². The minimum Gasteiger partial charge on any atom is -0.412 e. The van der Waals surface area contributed by atoms with E-state index in [2.05, 4.69) is 5.32 Å². The molecule has 1 aliphatic carbocycles. The Morgan fingerprint density at radius 1 is 1.14 bits per heavy atom. The van der Waals surface area contributed by atoms with Crippen molar-refractivity contribution in [2.75, 3.05) is 5.32 Å². The molecular weight excluding hydrogens is 272 g/mol. The average Bonchev–Trinajstić information content (AvgIpc) is 2.74. The maximum absolute atomic E-state index is 11.1. The molecule has 3 N–H and O–H groups in total. The predicted octanol–water partition coefficient (Wildman–Crippen LogP) is 2.30. The number of rotatable bonds is 2. The van der Waals surface area contributed by atoms with Gasteiger partial charge in [0.25, 0.3) is 5.69 Å². The summed E-state index contributed by atoms with van der Waals surface area (Å²) in [5.74, 6) is -0.115. The van der Waals surface area contributed by atoms with Crippen molar-refractivity contribution in [3.8, 4) is 11.1 Å². The zero-order valence-electron chi connectivity index (χ0n) is 11.3. The minimum absolute atomic E-state index is 0. The van der Waals surface area contributed by atoms with E-state index in [-0.39, 0.29) is 22.0 Å². The Balaban J connectivity index is 0.00000161. The fourth-order valence-electron chi connectivity index (χ4n) is 2.59. The smallest absolute Gasteiger partial charge is 0.269 e. The number of hydrogen-bond acceptors (Lipinski definition) is 3. The van der Waals surface area contributed by atoms with Gasteiger partial charge in [-0.25, -0.2) is 0 Å². The van der Waals surface area contributed by atoms with Crippen LogP contribution in [0.5, 0.6) is 0 Å². The number of amides is 1. The van der Waals surface area contributed by atoms with Gasteiger partial charge in [0, 0.05) is 24.7 Å². The lowest BCUT2D eigenvalue weighted by Gasteiger charge is -2.05. The molecule has 2 aromatic carbocycles. The van der Waals surface area contributed by atoms with Crippen LogP contribution >= 0.6 is 0 Å². The number of anilines is 1. The van der Waals surface area contributed by atoms with E-state index in [1.165, 1.54) is 13.0 Å². The molecule has 1 amide bonds. The summed E-state index contributed by atoms with van der Waals surface area (Å²) in [6.07, 6.45) is 0.653. The highest BCUT2D eigenvalue weighted by Gasteiger charge is 2.21. The van der Waals surface area contributed by atoms with Crippen molar-refractivity contribution in [3.63, 3.8) is 0 Å². The van der Waals surface area contributed by atoms with Crippen molar-refractivity contribution in [1.29, 1.82) is 0 Å². The number of nitrogens with one attached hydrogen (secondary N) is 1. The van der Waals surface area contributed by atoms with Gasteiger partial charge in [-0.05, 0) is 46.9 Å². The Kier molecular flexibility index (Phi) is 3.73. The molecule has 21 heavy (non-hydrogen) atoms. The first-order valence-corrected chi connectivity index (χ1v) is 6.23. The summed E-state index contributed by atoms with van der Waals surface area (Å²) in [5, 5.41) is 13.6. The molecule has 0 heterocycles. The maximum atomic E-state index is 11.1. The molecule has 0 fully saturated rings. The van der Waals surface area contributed by atoms with E-state index in [1.807, 2.05) is 18.2 Å². The second kappa shape index (κ2) is 5.34. The van der Waals surface area contributed by atoms with E-state index in [1.54, 1.807) is 12.1 Å². The molecule has 108 valence electrons. The molecule has 6 nitrogen and oxygen atoms in total. The van der Waals surface area contributed by atoms with Crippen LogP contribution in [0.2, 0.25) is 0 Å². The molecule has 0 unspecified atom stereocenters. The van der Waals surface area contributed by atoms with Crippen molar-refractivity contribution in [1.82, 2.24) is 0 Å². The van der Waals surface area contributed by atoms with Crippen molar-refractivity contribution in [3.05, 3.63) is 57.6 Å². The minimum atomic E-state index is -0.383. The number of nitro benzene ring substituents is 1. The highest BCUT2D eigenvalue weighted by atomic mass is 16.6. The topological polar surface area (TPSA) is 104 Å². The first-order chi connectivity index (χ1) is 9.54. The normalized spacial score (nSPS) is 11.1. The predicted molar refractivity (Wildman–Crippen MR) is 79.3 cm³/mol.